The molecule has 0 saturated carbocycles. The molecule has 0 N–H and O–H groups in total. The first-order valence-electron chi connectivity index (χ1n) is 6.19. The third-order valence-corrected chi connectivity index (χ3v) is 4.38. The van der Waals surface area contributed by atoms with E-state index in [1.807, 2.05) is 18.3 Å². The molecule has 2 aromatic rings. The summed E-state index contributed by atoms with van der Waals surface area (Å²) in [7, 11) is 2.17. The Morgan fingerprint density at radius 2 is 1.89 bits per heavy atom. The van der Waals surface area contributed by atoms with E-state index in [1.165, 1.54) is 10.4 Å². The van der Waals surface area contributed by atoms with E-state index < -0.39 is 0 Å². The molecule has 18 heavy (non-hydrogen) atoms. The first-order valence-corrected chi connectivity index (χ1v) is 7.00. The van der Waals surface area contributed by atoms with Crippen LogP contribution in [0.25, 0.3) is 10.4 Å². The van der Waals surface area contributed by atoms with Gasteiger partial charge in [0.2, 0.25) is 0 Å². The lowest BCUT2D eigenvalue weighted by Crippen LogP contribution is -2.44. The molecule has 0 atom stereocenters. The van der Waals surface area contributed by atoms with Crippen LogP contribution in [0.4, 0.5) is 5.13 Å². The molecule has 1 aromatic heterocycles. The molecule has 2 heterocycles. The minimum absolute atomic E-state index is 1.08. The van der Waals surface area contributed by atoms with Crippen molar-refractivity contribution in [3.8, 4) is 10.4 Å². The van der Waals surface area contributed by atoms with E-state index in [0.717, 1.165) is 31.3 Å². The number of hydrogen-bond donors (Lipinski definition) is 0. The van der Waals surface area contributed by atoms with Crippen molar-refractivity contribution < 1.29 is 0 Å². The lowest BCUT2D eigenvalue weighted by molar-refractivity contribution is 0.313. The minimum atomic E-state index is 1.08. The molecular weight excluding hydrogens is 242 g/mol. The summed E-state index contributed by atoms with van der Waals surface area (Å²) in [4.78, 5) is 10.5. The first-order chi connectivity index (χ1) is 8.83. The highest BCUT2D eigenvalue weighted by atomic mass is 32.1. The molecule has 0 amide bonds. The van der Waals surface area contributed by atoms with Gasteiger partial charge in [-0.1, -0.05) is 35.6 Å². The summed E-state index contributed by atoms with van der Waals surface area (Å²) < 4.78 is 0. The molecule has 3 rings (SSSR count). The zero-order chi connectivity index (χ0) is 12.4. The van der Waals surface area contributed by atoms with Crippen molar-refractivity contribution in [2.24, 2.45) is 0 Å². The Hall–Kier alpha value is -1.39. The van der Waals surface area contributed by atoms with Gasteiger partial charge in [0, 0.05) is 32.4 Å². The van der Waals surface area contributed by atoms with Crippen molar-refractivity contribution in [3.05, 3.63) is 36.5 Å². The summed E-state index contributed by atoms with van der Waals surface area (Å²) in [5.74, 6) is 0. The van der Waals surface area contributed by atoms with Crippen LogP contribution in [0.3, 0.4) is 0 Å². The molecule has 0 aliphatic carbocycles. The number of nitrogens with zero attached hydrogens (tertiary/aromatic N) is 3. The Kier molecular flexibility index (Phi) is 3.30. The van der Waals surface area contributed by atoms with Crippen LogP contribution in [-0.2, 0) is 0 Å². The molecule has 4 heteroatoms. The van der Waals surface area contributed by atoms with Gasteiger partial charge in [-0.3, -0.25) is 0 Å². The lowest BCUT2D eigenvalue weighted by Gasteiger charge is -2.32. The number of anilines is 1. The van der Waals surface area contributed by atoms with Crippen LogP contribution >= 0.6 is 11.3 Å². The molecule has 93 valence electrons. The predicted octanol–water partition coefficient (Wildman–Crippen LogP) is 2.36. The van der Waals surface area contributed by atoms with Gasteiger partial charge in [0.05, 0.1) is 4.88 Å². The van der Waals surface area contributed by atoms with Crippen LogP contribution in [0.15, 0.2) is 30.5 Å². The maximum Gasteiger partial charge on any atom is 0.185 e. The van der Waals surface area contributed by atoms with E-state index in [-0.39, 0.29) is 0 Å². The lowest BCUT2D eigenvalue weighted by atomic mass is 10.2. The Bertz CT molecular complexity index is 501. The maximum absolute atomic E-state index is 4.56. The van der Waals surface area contributed by atoms with Gasteiger partial charge in [-0.05, 0) is 18.7 Å². The zero-order valence-electron chi connectivity index (χ0n) is 10.5. The van der Waals surface area contributed by atoms with Gasteiger partial charge in [-0.2, -0.15) is 0 Å². The van der Waals surface area contributed by atoms with Crippen LogP contribution in [0.5, 0.6) is 0 Å². The fourth-order valence-corrected chi connectivity index (χ4v) is 3.07. The fraction of sp³-hybridized carbons (Fsp3) is 0.357. The molecule has 1 fully saturated rings. The molecule has 0 spiro atoms. The maximum atomic E-state index is 4.56. The van der Waals surface area contributed by atoms with E-state index in [2.05, 4.69) is 40.0 Å². The molecule has 1 radical (unpaired) electrons. The third kappa shape index (κ3) is 2.40. The second-order valence-corrected chi connectivity index (χ2v) is 5.60. The number of piperazine rings is 1. The summed E-state index contributed by atoms with van der Waals surface area (Å²) >= 11 is 1.78. The first kappa shape index (κ1) is 11.7. The minimum Gasteiger partial charge on any atom is -0.346 e. The van der Waals surface area contributed by atoms with Crippen LogP contribution in [0.1, 0.15) is 0 Å². The number of rotatable bonds is 2. The Morgan fingerprint density at radius 3 is 2.61 bits per heavy atom. The van der Waals surface area contributed by atoms with E-state index in [1.54, 1.807) is 11.3 Å². The van der Waals surface area contributed by atoms with Crippen LogP contribution in [-0.4, -0.2) is 43.1 Å². The van der Waals surface area contributed by atoms with Gasteiger partial charge in [-0.15, -0.1) is 0 Å². The van der Waals surface area contributed by atoms with Gasteiger partial charge >= 0.3 is 0 Å². The summed E-state index contributed by atoms with van der Waals surface area (Å²) in [6.07, 6.45) is 1.98. The predicted molar refractivity (Wildman–Crippen MR) is 76.1 cm³/mol. The molecule has 1 aliphatic rings. The van der Waals surface area contributed by atoms with E-state index in [0.29, 0.717) is 0 Å². The van der Waals surface area contributed by atoms with E-state index in [4.69, 9.17) is 0 Å². The Balaban J connectivity index is 1.78. The molecule has 3 nitrogen and oxygen atoms in total. The SMILES string of the molecule is CN1CCN(c2ncc(-c3cc[c]cc3)s2)CC1. The van der Waals surface area contributed by atoms with Crippen molar-refractivity contribution in [2.75, 3.05) is 38.1 Å². The zero-order valence-corrected chi connectivity index (χ0v) is 11.3. The molecule has 1 aliphatic heterocycles. The smallest absolute Gasteiger partial charge is 0.185 e. The summed E-state index contributed by atoms with van der Waals surface area (Å²) in [5, 5.41) is 1.14. The topological polar surface area (TPSA) is 19.4 Å². The summed E-state index contributed by atoms with van der Waals surface area (Å²) in [6.45, 7) is 4.39. The monoisotopic (exact) mass is 258 g/mol. The molecule has 1 saturated heterocycles. The van der Waals surface area contributed by atoms with Gasteiger partial charge < -0.3 is 9.80 Å². The largest absolute Gasteiger partial charge is 0.346 e. The number of aromatic nitrogens is 1. The van der Waals surface area contributed by atoms with Crippen molar-refractivity contribution in [3.63, 3.8) is 0 Å². The normalized spacial score (nSPS) is 17.1. The Labute approximate surface area is 112 Å². The number of likely N-dealkylation sites (N-methyl/N-ethyl adjacent to an activating group) is 1. The number of benzene rings is 1. The van der Waals surface area contributed by atoms with Gasteiger partial charge in [-0.25, -0.2) is 4.98 Å². The highest BCUT2D eigenvalue weighted by molar-refractivity contribution is 7.18. The highest BCUT2D eigenvalue weighted by Gasteiger charge is 2.17. The van der Waals surface area contributed by atoms with Gasteiger partial charge in [0.1, 0.15) is 0 Å². The average Bonchev–Trinajstić information content (AvgIpc) is 2.90. The molecule has 0 bridgehead atoms. The second-order valence-electron chi connectivity index (χ2n) is 4.59. The number of thiazole rings is 1. The van der Waals surface area contributed by atoms with Gasteiger partial charge in [0.15, 0.2) is 5.13 Å². The van der Waals surface area contributed by atoms with Crippen LogP contribution in [0, 0.1) is 6.07 Å². The second kappa shape index (κ2) is 5.08. The quantitative estimate of drug-likeness (QED) is 0.824. The standard InChI is InChI=1S/C14H16N3S/c1-16-7-9-17(10-8-16)14-15-11-13(18-14)12-5-3-2-4-6-12/h3-6,11H,7-10H2,1H3. The average molecular weight is 258 g/mol. The number of hydrogen-bond acceptors (Lipinski definition) is 4. The van der Waals surface area contributed by atoms with Crippen LogP contribution in [0.2, 0.25) is 0 Å². The third-order valence-electron chi connectivity index (χ3n) is 3.27. The highest BCUT2D eigenvalue weighted by Crippen LogP contribution is 2.31. The summed E-state index contributed by atoms with van der Waals surface area (Å²) in [5.41, 5.74) is 1.23. The van der Waals surface area contributed by atoms with Crippen LogP contribution < -0.4 is 4.90 Å². The molecule has 0 unspecified atom stereocenters. The van der Waals surface area contributed by atoms with Gasteiger partial charge in [0.25, 0.3) is 0 Å². The molecule has 1 aromatic carbocycles. The fourth-order valence-electron chi connectivity index (χ4n) is 2.09. The Morgan fingerprint density at radius 1 is 1.17 bits per heavy atom. The summed E-state index contributed by atoms with van der Waals surface area (Å²) in [6, 6.07) is 11.1. The van der Waals surface area contributed by atoms with E-state index in [9.17, 15) is 0 Å². The van der Waals surface area contributed by atoms with Crippen molar-refractivity contribution in [1.29, 1.82) is 0 Å². The van der Waals surface area contributed by atoms with Crippen molar-refractivity contribution >= 4 is 16.5 Å². The molecular formula is C14H16N3S. The van der Waals surface area contributed by atoms with Crippen molar-refractivity contribution in [2.45, 2.75) is 0 Å². The van der Waals surface area contributed by atoms with Crippen molar-refractivity contribution in [1.82, 2.24) is 9.88 Å². The van der Waals surface area contributed by atoms with E-state index >= 15 is 0 Å².